The van der Waals surface area contributed by atoms with Crippen molar-refractivity contribution < 1.29 is 4.79 Å². The third kappa shape index (κ3) is 3.19. The Morgan fingerprint density at radius 3 is 2.09 bits per heavy atom. The zero-order chi connectivity index (χ0) is 21.9. The number of aryl methyl sites for hydroxylation is 1. The van der Waals surface area contributed by atoms with Gasteiger partial charge in [-0.05, 0) is 105 Å². The minimum Gasteiger partial charge on any atom is -0.322 e. The lowest BCUT2D eigenvalue weighted by molar-refractivity contribution is -0.00518. The van der Waals surface area contributed by atoms with E-state index in [9.17, 15) is 4.79 Å². The average Bonchev–Trinajstić information content (AvgIpc) is 3.08. The number of anilines is 1. The molecule has 4 fully saturated rings. The molecular formula is C28H31N3O. The first-order valence-electron chi connectivity index (χ1n) is 12.0. The number of benzene rings is 2. The molecule has 1 amide bonds. The Morgan fingerprint density at radius 2 is 1.50 bits per heavy atom. The summed E-state index contributed by atoms with van der Waals surface area (Å²) in [5.41, 5.74) is 5.95. The molecule has 1 aromatic heterocycles. The van der Waals surface area contributed by atoms with Crippen molar-refractivity contribution in [2.45, 2.75) is 57.8 Å². The van der Waals surface area contributed by atoms with E-state index in [0.717, 1.165) is 40.5 Å². The molecule has 0 aliphatic heterocycles. The van der Waals surface area contributed by atoms with Crippen molar-refractivity contribution in [2.24, 2.45) is 17.8 Å². The maximum Gasteiger partial charge on any atom is 0.259 e. The van der Waals surface area contributed by atoms with Crippen LogP contribution in [0.3, 0.4) is 0 Å². The van der Waals surface area contributed by atoms with Crippen molar-refractivity contribution in [1.82, 2.24) is 9.78 Å². The fourth-order valence-electron chi connectivity index (χ4n) is 7.36. The summed E-state index contributed by atoms with van der Waals surface area (Å²) in [6, 6.07) is 18.7. The fourth-order valence-corrected chi connectivity index (χ4v) is 7.36. The number of amides is 1. The Kier molecular flexibility index (Phi) is 4.53. The Balaban J connectivity index is 1.22. The summed E-state index contributed by atoms with van der Waals surface area (Å²) in [5.74, 6) is 2.72. The number of nitrogens with one attached hydrogen (secondary N) is 1. The first kappa shape index (κ1) is 19.8. The standard InChI is InChI=1S/C28H31N3O/c1-18-26(19(2)31(30-18)25-6-4-3-5-7-25)27(32)29-24-10-8-23(9-11-24)28-15-20-12-21(16-28)14-22(13-20)17-28/h3-11,20-22H,12-17H2,1-2H3,(H,29,32). The average molecular weight is 426 g/mol. The third-order valence-electron chi connectivity index (χ3n) is 8.31. The maximum absolute atomic E-state index is 13.1. The number of carbonyl (C=O) groups is 1. The lowest BCUT2D eigenvalue weighted by atomic mass is 9.48. The van der Waals surface area contributed by atoms with E-state index < -0.39 is 0 Å². The van der Waals surface area contributed by atoms with E-state index in [1.54, 1.807) is 0 Å². The highest BCUT2D eigenvalue weighted by Crippen LogP contribution is 2.60. The van der Waals surface area contributed by atoms with Crippen molar-refractivity contribution in [3.05, 3.63) is 77.1 Å². The van der Waals surface area contributed by atoms with Gasteiger partial charge in [0.15, 0.2) is 0 Å². The molecule has 7 rings (SSSR count). The molecule has 4 aliphatic carbocycles. The van der Waals surface area contributed by atoms with E-state index >= 15 is 0 Å². The number of nitrogens with zero attached hydrogens (tertiary/aromatic N) is 2. The molecule has 0 saturated heterocycles. The summed E-state index contributed by atoms with van der Waals surface area (Å²) < 4.78 is 1.85. The third-order valence-corrected chi connectivity index (χ3v) is 8.31. The molecule has 4 nitrogen and oxygen atoms in total. The molecule has 4 heteroatoms. The highest BCUT2D eigenvalue weighted by atomic mass is 16.1. The van der Waals surface area contributed by atoms with E-state index in [2.05, 4.69) is 34.7 Å². The summed E-state index contributed by atoms with van der Waals surface area (Å²) in [7, 11) is 0. The van der Waals surface area contributed by atoms with Gasteiger partial charge in [-0.1, -0.05) is 30.3 Å². The summed E-state index contributed by atoms with van der Waals surface area (Å²) in [6.07, 6.45) is 8.47. The Bertz CT molecular complexity index is 1120. The molecule has 0 unspecified atom stereocenters. The molecule has 1 heterocycles. The van der Waals surface area contributed by atoms with Crippen LogP contribution in [0.5, 0.6) is 0 Å². The molecule has 2 aromatic carbocycles. The molecule has 0 radical (unpaired) electrons. The molecule has 4 aliphatic rings. The van der Waals surface area contributed by atoms with Crippen molar-refractivity contribution in [2.75, 3.05) is 5.32 Å². The topological polar surface area (TPSA) is 46.9 Å². The van der Waals surface area contributed by atoms with Gasteiger partial charge in [-0.15, -0.1) is 0 Å². The van der Waals surface area contributed by atoms with Crippen LogP contribution in [0.25, 0.3) is 5.69 Å². The summed E-state index contributed by atoms with van der Waals surface area (Å²) in [4.78, 5) is 13.1. The zero-order valence-corrected chi connectivity index (χ0v) is 19.0. The smallest absolute Gasteiger partial charge is 0.259 e. The second-order valence-corrected chi connectivity index (χ2v) is 10.5. The van der Waals surface area contributed by atoms with E-state index in [4.69, 9.17) is 0 Å². The number of hydrogen-bond donors (Lipinski definition) is 1. The van der Waals surface area contributed by atoms with Gasteiger partial charge in [0, 0.05) is 5.69 Å². The molecule has 164 valence electrons. The number of para-hydroxylation sites is 1. The summed E-state index contributed by atoms with van der Waals surface area (Å²) >= 11 is 0. The Morgan fingerprint density at radius 1 is 0.906 bits per heavy atom. The van der Waals surface area contributed by atoms with Crippen LogP contribution in [-0.4, -0.2) is 15.7 Å². The van der Waals surface area contributed by atoms with E-state index in [1.807, 2.05) is 48.9 Å². The highest BCUT2D eigenvalue weighted by molar-refractivity contribution is 6.06. The first-order chi connectivity index (χ1) is 15.5. The molecule has 4 bridgehead atoms. The van der Waals surface area contributed by atoms with Gasteiger partial charge < -0.3 is 5.32 Å². The number of rotatable bonds is 4. The quantitative estimate of drug-likeness (QED) is 0.540. The maximum atomic E-state index is 13.1. The normalized spacial score (nSPS) is 28.1. The predicted octanol–water partition coefficient (Wildman–Crippen LogP) is 6.21. The van der Waals surface area contributed by atoms with Gasteiger partial charge in [0.2, 0.25) is 0 Å². The van der Waals surface area contributed by atoms with Gasteiger partial charge in [-0.2, -0.15) is 5.10 Å². The van der Waals surface area contributed by atoms with Crippen LogP contribution in [-0.2, 0) is 5.41 Å². The van der Waals surface area contributed by atoms with Crippen molar-refractivity contribution in [1.29, 1.82) is 0 Å². The number of aromatic nitrogens is 2. The van der Waals surface area contributed by atoms with Gasteiger partial charge in [-0.25, -0.2) is 4.68 Å². The Labute approximate surface area is 190 Å². The lowest BCUT2D eigenvalue weighted by Gasteiger charge is -2.57. The van der Waals surface area contributed by atoms with Gasteiger partial charge in [0.1, 0.15) is 0 Å². The van der Waals surface area contributed by atoms with Gasteiger partial charge >= 0.3 is 0 Å². The van der Waals surface area contributed by atoms with Gasteiger partial charge in [0.25, 0.3) is 5.91 Å². The number of carbonyl (C=O) groups excluding carboxylic acids is 1. The van der Waals surface area contributed by atoms with Crippen LogP contribution in [0.1, 0.15) is 65.8 Å². The second-order valence-electron chi connectivity index (χ2n) is 10.5. The van der Waals surface area contributed by atoms with Crippen LogP contribution in [0.2, 0.25) is 0 Å². The van der Waals surface area contributed by atoms with Crippen LogP contribution in [0.4, 0.5) is 5.69 Å². The molecule has 0 spiro atoms. The van der Waals surface area contributed by atoms with Gasteiger partial charge in [0.05, 0.1) is 22.6 Å². The lowest BCUT2D eigenvalue weighted by Crippen LogP contribution is -2.48. The van der Waals surface area contributed by atoms with Crippen molar-refractivity contribution in [3.63, 3.8) is 0 Å². The molecule has 3 aromatic rings. The number of hydrogen-bond acceptors (Lipinski definition) is 2. The minimum atomic E-state index is -0.0928. The van der Waals surface area contributed by atoms with Crippen LogP contribution >= 0.6 is 0 Å². The van der Waals surface area contributed by atoms with Crippen LogP contribution < -0.4 is 5.32 Å². The fraction of sp³-hybridized carbons (Fsp3) is 0.429. The van der Waals surface area contributed by atoms with E-state index in [0.29, 0.717) is 11.0 Å². The SMILES string of the molecule is Cc1nn(-c2ccccc2)c(C)c1C(=O)Nc1ccc(C23CC4CC(CC(C4)C2)C3)cc1. The Hall–Kier alpha value is -2.88. The van der Waals surface area contributed by atoms with Crippen LogP contribution in [0, 0.1) is 31.6 Å². The van der Waals surface area contributed by atoms with Crippen molar-refractivity contribution in [3.8, 4) is 5.69 Å². The van der Waals surface area contributed by atoms with E-state index in [1.165, 1.54) is 44.1 Å². The highest BCUT2D eigenvalue weighted by Gasteiger charge is 2.51. The second kappa shape index (κ2) is 7.33. The monoisotopic (exact) mass is 425 g/mol. The summed E-state index contributed by atoms with van der Waals surface area (Å²) in [5, 5.41) is 7.73. The minimum absolute atomic E-state index is 0.0928. The zero-order valence-electron chi connectivity index (χ0n) is 19.0. The van der Waals surface area contributed by atoms with Crippen molar-refractivity contribution >= 4 is 11.6 Å². The van der Waals surface area contributed by atoms with Crippen LogP contribution in [0.15, 0.2) is 54.6 Å². The first-order valence-corrected chi connectivity index (χ1v) is 12.0. The largest absolute Gasteiger partial charge is 0.322 e. The molecule has 32 heavy (non-hydrogen) atoms. The summed E-state index contributed by atoms with van der Waals surface area (Å²) in [6.45, 7) is 3.86. The molecule has 1 N–H and O–H groups in total. The van der Waals surface area contributed by atoms with Gasteiger partial charge in [-0.3, -0.25) is 4.79 Å². The van der Waals surface area contributed by atoms with E-state index in [-0.39, 0.29) is 5.91 Å². The molecular weight excluding hydrogens is 394 g/mol. The molecule has 0 atom stereocenters. The molecule has 4 saturated carbocycles. The predicted molar refractivity (Wildman–Crippen MR) is 127 cm³/mol.